The van der Waals surface area contributed by atoms with Gasteiger partial charge in [0.15, 0.2) is 0 Å². The number of hydrogen-bond donors (Lipinski definition) is 1. The van der Waals surface area contributed by atoms with E-state index in [0.29, 0.717) is 13.1 Å². The summed E-state index contributed by atoms with van der Waals surface area (Å²) in [5.74, 6) is 0.148. The van der Waals surface area contributed by atoms with Crippen LogP contribution in [0.25, 0.3) is 0 Å². The van der Waals surface area contributed by atoms with Crippen molar-refractivity contribution in [1.29, 1.82) is 0 Å². The van der Waals surface area contributed by atoms with E-state index in [0.717, 1.165) is 36.1 Å². The first-order chi connectivity index (χ1) is 11.0. The van der Waals surface area contributed by atoms with Crippen LogP contribution < -0.4 is 10.2 Å². The summed E-state index contributed by atoms with van der Waals surface area (Å²) in [5, 5.41) is 2.96. The van der Waals surface area contributed by atoms with Gasteiger partial charge in [-0.15, -0.1) is 0 Å². The number of amides is 2. The molecule has 2 amide bonds. The first kappa shape index (κ1) is 19.2. The Balaban J connectivity index is 2.82. The third-order valence-electron chi connectivity index (χ3n) is 4.34. The Morgan fingerprint density at radius 3 is 2.35 bits per heavy atom. The standard InChI is InChI=1S/C19H30N2O2/c1-6-16(7-2)19(23)20-12-13-21(15(5)22)18-14(4)10-9-11-17(18)8-3/h9-11,16H,6-8,12-13H2,1-5H3,(H,20,23). The Kier molecular flexibility index (Phi) is 7.79. The molecule has 4 nitrogen and oxygen atoms in total. The number of benzene rings is 1. The van der Waals surface area contributed by atoms with Crippen molar-refractivity contribution in [1.82, 2.24) is 5.32 Å². The number of aryl methyl sites for hydroxylation is 2. The van der Waals surface area contributed by atoms with E-state index < -0.39 is 0 Å². The van der Waals surface area contributed by atoms with Crippen molar-refractivity contribution in [2.75, 3.05) is 18.0 Å². The summed E-state index contributed by atoms with van der Waals surface area (Å²) in [7, 11) is 0. The molecule has 0 unspecified atom stereocenters. The minimum Gasteiger partial charge on any atom is -0.354 e. The second-order valence-electron chi connectivity index (χ2n) is 5.91. The maximum Gasteiger partial charge on any atom is 0.223 e. The van der Waals surface area contributed by atoms with Crippen molar-refractivity contribution < 1.29 is 9.59 Å². The second-order valence-corrected chi connectivity index (χ2v) is 5.91. The topological polar surface area (TPSA) is 49.4 Å². The third kappa shape index (κ3) is 5.08. The van der Waals surface area contributed by atoms with Crippen LogP contribution in [0.5, 0.6) is 0 Å². The molecule has 128 valence electrons. The van der Waals surface area contributed by atoms with E-state index in [-0.39, 0.29) is 17.7 Å². The Morgan fingerprint density at radius 2 is 1.83 bits per heavy atom. The Labute approximate surface area is 140 Å². The molecular formula is C19H30N2O2. The summed E-state index contributed by atoms with van der Waals surface area (Å²) in [4.78, 5) is 25.9. The van der Waals surface area contributed by atoms with Crippen LogP contribution in [0.1, 0.15) is 51.7 Å². The van der Waals surface area contributed by atoms with Gasteiger partial charge in [-0.05, 0) is 37.3 Å². The fourth-order valence-electron chi connectivity index (χ4n) is 2.91. The molecular weight excluding hydrogens is 288 g/mol. The Morgan fingerprint density at radius 1 is 1.17 bits per heavy atom. The number of para-hydroxylation sites is 1. The van der Waals surface area contributed by atoms with Crippen LogP contribution in [-0.4, -0.2) is 24.9 Å². The summed E-state index contributed by atoms with van der Waals surface area (Å²) in [5.41, 5.74) is 3.23. The van der Waals surface area contributed by atoms with Gasteiger partial charge < -0.3 is 10.2 Å². The van der Waals surface area contributed by atoms with Gasteiger partial charge in [0.05, 0.1) is 0 Å². The molecule has 0 aromatic heterocycles. The Bertz CT molecular complexity index is 536. The first-order valence-electron chi connectivity index (χ1n) is 8.60. The maximum atomic E-state index is 12.1. The number of nitrogens with zero attached hydrogens (tertiary/aromatic N) is 1. The lowest BCUT2D eigenvalue weighted by molar-refractivity contribution is -0.125. The lowest BCUT2D eigenvalue weighted by Gasteiger charge is -2.26. The van der Waals surface area contributed by atoms with Crippen LogP contribution in [-0.2, 0) is 16.0 Å². The van der Waals surface area contributed by atoms with E-state index in [1.165, 1.54) is 0 Å². The summed E-state index contributed by atoms with van der Waals surface area (Å²) in [6, 6.07) is 6.10. The minimum atomic E-state index is 0.00535. The van der Waals surface area contributed by atoms with Crippen molar-refractivity contribution in [3.63, 3.8) is 0 Å². The van der Waals surface area contributed by atoms with E-state index in [4.69, 9.17) is 0 Å². The van der Waals surface area contributed by atoms with Crippen LogP contribution in [0, 0.1) is 12.8 Å². The zero-order valence-corrected chi connectivity index (χ0v) is 15.1. The highest BCUT2D eigenvalue weighted by atomic mass is 16.2. The van der Waals surface area contributed by atoms with E-state index in [9.17, 15) is 9.59 Å². The molecule has 0 fully saturated rings. The number of nitrogens with one attached hydrogen (secondary N) is 1. The van der Waals surface area contributed by atoms with Crippen LogP contribution in [0.4, 0.5) is 5.69 Å². The molecule has 23 heavy (non-hydrogen) atoms. The van der Waals surface area contributed by atoms with Crippen molar-refractivity contribution in [2.24, 2.45) is 5.92 Å². The molecule has 1 N–H and O–H groups in total. The molecule has 1 aromatic carbocycles. The van der Waals surface area contributed by atoms with E-state index in [2.05, 4.69) is 18.3 Å². The maximum absolute atomic E-state index is 12.1. The molecule has 0 saturated heterocycles. The molecule has 1 aromatic rings. The van der Waals surface area contributed by atoms with Gasteiger partial charge in [-0.25, -0.2) is 0 Å². The number of carbonyl (C=O) groups excluding carboxylic acids is 2. The highest BCUT2D eigenvalue weighted by Crippen LogP contribution is 2.25. The monoisotopic (exact) mass is 318 g/mol. The van der Waals surface area contributed by atoms with Crippen LogP contribution >= 0.6 is 0 Å². The zero-order valence-electron chi connectivity index (χ0n) is 15.1. The molecule has 0 aliphatic rings. The summed E-state index contributed by atoms with van der Waals surface area (Å²) in [6.07, 6.45) is 2.56. The summed E-state index contributed by atoms with van der Waals surface area (Å²) < 4.78 is 0. The highest BCUT2D eigenvalue weighted by molar-refractivity contribution is 5.93. The summed E-state index contributed by atoms with van der Waals surface area (Å²) >= 11 is 0. The normalized spacial score (nSPS) is 10.7. The van der Waals surface area contributed by atoms with Crippen molar-refractivity contribution in [3.05, 3.63) is 29.3 Å². The predicted molar refractivity (Wildman–Crippen MR) is 95.7 cm³/mol. The van der Waals surface area contributed by atoms with E-state index in [1.54, 1.807) is 11.8 Å². The quantitative estimate of drug-likeness (QED) is 0.798. The average Bonchev–Trinajstić information content (AvgIpc) is 2.52. The molecule has 0 spiro atoms. The zero-order chi connectivity index (χ0) is 17.4. The van der Waals surface area contributed by atoms with Gasteiger partial charge in [0, 0.05) is 31.6 Å². The number of anilines is 1. The molecule has 0 aliphatic heterocycles. The molecule has 0 heterocycles. The van der Waals surface area contributed by atoms with Crippen molar-refractivity contribution >= 4 is 17.5 Å². The van der Waals surface area contributed by atoms with Gasteiger partial charge in [-0.3, -0.25) is 9.59 Å². The molecule has 4 heteroatoms. The van der Waals surface area contributed by atoms with E-state index >= 15 is 0 Å². The van der Waals surface area contributed by atoms with Gasteiger partial charge in [0.1, 0.15) is 0 Å². The van der Waals surface area contributed by atoms with E-state index in [1.807, 2.05) is 32.9 Å². The fraction of sp³-hybridized carbons (Fsp3) is 0.579. The van der Waals surface area contributed by atoms with Crippen LogP contribution in [0.2, 0.25) is 0 Å². The van der Waals surface area contributed by atoms with Crippen molar-refractivity contribution in [2.45, 2.75) is 53.9 Å². The molecule has 0 radical (unpaired) electrons. The molecule has 0 atom stereocenters. The predicted octanol–water partition coefficient (Wildman–Crippen LogP) is 3.46. The number of rotatable bonds is 8. The number of hydrogen-bond acceptors (Lipinski definition) is 2. The van der Waals surface area contributed by atoms with Gasteiger partial charge in [-0.2, -0.15) is 0 Å². The van der Waals surface area contributed by atoms with Crippen LogP contribution in [0.15, 0.2) is 18.2 Å². The van der Waals surface area contributed by atoms with Gasteiger partial charge >= 0.3 is 0 Å². The van der Waals surface area contributed by atoms with Gasteiger partial charge in [0.2, 0.25) is 11.8 Å². The third-order valence-corrected chi connectivity index (χ3v) is 4.34. The molecule has 1 rings (SSSR count). The minimum absolute atomic E-state index is 0.00535. The second kappa shape index (κ2) is 9.33. The van der Waals surface area contributed by atoms with Gasteiger partial charge in [0.25, 0.3) is 0 Å². The first-order valence-corrected chi connectivity index (χ1v) is 8.60. The average molecular weight is 318 g/mol. The SMILES string of the molecule is CCc1cccc(C)c1N(CCNC(=O)C(CC)CC)C(C)=O. The van der Waals surface area contributed by atoms with Gasteiger partial charge in [-0.1, -0.05) is 39.0 Å². The van der Waals surface area contributed by atoms with Crippen molar-refractivity contribution in [3.8, 4) is 0 Å². The molecule has 0 saturated carbocycles. The summed E-state index contributed by atoms with van der Waals surface area (Å²) in [6.45, 7) is 10.7. The highest BCUT2D eigenvalue weighted by Gasteiger charge is 2.18. The largest absolute Gasteiger partial charge is 0.354 e. The van der Waals surface area contributed by atoms with Crippen LogP contribution in [0.3, 0.4) is 0 Å². The Hall–Kier alpha value is -1.84. The smallest absolute Gasteiger partial charge is 0.223 e. The fourth-order valence-corrected chi connectivity index (χ4v) is 2.91. The molecule has 0 aliphatic carbocycles. The lowest BCUT2D eigenvalue weighted by atomic mass is 10.0. The number of carbonyl (C=O) groups is 2. The lowest BCUT2D eigenvalue weighted by Crippen LogP contribution is -2.40. The molecule has 0 bridgehead atoms.